The van der Waals surface area contributed by atoms with Crippen molar-refractivity contribution in [2.75, 3.05) is 0 Å². The van der Waals surface area contributed by atoms with Crippen LogP contribution in [0.4, 0.5) is 8.78 Å². The zero-order valence-corrected chi connectivity index (χ0v) is 8.37. The number of hydrogen-bond donors (Lipinski definition) is 1. The Bertz CT molecular complexity index is 578. The molecular formula is C13H9F2N. The van der Waals surface area contributed by atoms with Crippen LogP contribution in [0.1, 0.15) is 17.2 Å². The van der Waals surface area contributed by atoms with Crippen LogP contribution < -0.4 is 5.73 Å². The maximum atomic E-state index is 13.1. The Balaban J connectivity index is 2.31. The topological polar surface area (TPSA) is 26.0 Å². The van der Waals surface area contributed by atoms with E-state index >= 15 is 0 Å². The van der Waals surface area contributed by atoms with Gasteiger partial charge in [-0.15, -0.1) is 0 Å². The van der Waals surface area contributed by atoms with Gasteiger partial charge in [0, 0.05) is 0 Å². The van der Waals surface area contributed by atoms with Crippen molar-refractivity contribution in [3.8, 4) is 11.1 Å². The number of rotatable bonds is 0. The summed E-state index contributed by atoms with van der Waals surface area (Å²) in [7, 11) is 0. The molecule has 3 heteroatoms. The Morgan fingerprint density at radius 3 is 2.31 bits per heavy atom. The van der Waals surface area contributed by atoms with Crippen molar-refractivity contribution >= 4 is 0 Å². The predicted octanol–water partition coefficient (Wildman–Crippen LogP) is 2.99. The second-order valence-electron chi connectivity index (χ2n) is 3.94. The van der Waals surface area contributed by atoms with Crippen molar-refractivity contribution in [2.45, 2.75) is 6.04 Å². The first-order chi connectivity index (χ1) is 7.66. The summed E-state index contributed by atoms with van der Waals surface area (Å²) in [5.41, 5.74) is 9.15. The average Bonchev–Trinajstić information content (AvgIpc) is 2.52. The van der Waals surface area contributed by atoms with E-state index in [1.54, 1.807) is 12.1 Å². The highest BCUT2D eigenvalue weighted by Gasteiger charge is 2.26. The van der Waals surface area contributed by atoms with Crippen LogP contribution in [0, 0.1) is 11.6 Å². The molecule has 2 aromatic carbocycles. The third-order valence-corrected chi connectivity index (χ3v) is 2.99. The average molecular weight is 217 g/mol. The maximum absolute atomic E-state index is 13.1. The molecule has 3 rings (SSSR count). The molecule has 2 N–H and O–H groups in total. The molecule has 80 valence electrons. The molecule has 0 radical (unpaired) electrons. The number of halogens is 2. The van der Waals surface area contributed by atoms with Gasteiger partial charge in [0.1, 0.15) is 11.6 Å². The fraction of sp³-hybridized carbons (Fsp3) is 0.0769. The van der Waals surface area contributed by atoms with Crippen molar-refractivity contribution in [3.05, 3.63) is 59.2 Å². The fourth-order valence-corrected chi connectivity index (χ4v) is 2.24. The van der Waals surface area contributed by atoms with Crippen LogP contribution in [0.15, 0.2) is 36.4 Å². The van der Waals surface area contributed by atoms with E-state index in [2.05, 4.69) is 0 Å². The van der Waals surface area contributed by atoms with Crippen LogP contribution in [0.5, 0.6) is 0 Å². The molecule has 1 aliphatic rings. The smallest absolute Gasteiger partial charge is 0.123 e. The van der Waals surface area contributed by atoms with Crippen LogP contribution in [-0.2, 0) is 0 Å². The SMILES string of the molecule is NC1c2ccc(F)cc2-c2ccc(F)cc21. The Labute approximate surface area is 91.5 Å². The molecule has 0 aliphatic heterocycles. The molecule has 0 amide bonds. The van der Waals surface area contributed by atoms with Crippen molar-refractivity contribution in [1.82, 2.24) is 0 Å². The van der Waals surface area contributed by atoms with Gasteiger partial charge in [-0.25, -0.2) is 8.78 Å². The molecule has 2 aromatic rings. The highest BCUT2D eigenvalue weighted by molar-refractivity contribution is 5.78. The molecule has 0 saturated carbocycles. The lowest BCUT2D eigenvalue weighted by atomic mass is 10.1. The maximum Gasteiger partial charge on any atom is 0.123 e. The van der Waals surface area contributed by atoms with E-state index in [0.29, 0.717) is 0 Å². The zero-order chi connectivity index (χ0) is 11.3. The number of hydrogen-bond acceptors (Lipinski definition) is 1. The van der Waals surface area contributed by atoms with Gasteiger partial charge >= 0.3 is 0 Å². The summed E-state index contributed by atoms with van der Waals surface area (Å²) >= 11 is 0. The first-order valence-corrected chi connectivity index (χ1v) is 5.01. The van der Waals surface area contributed by atoms with Gasteiger partial charge in [0.05, 0.1) is 6.04 Å². The summed E-state index contributed by atoms with van der Waals surface area (Å²) < 4.78 is 26.3. The third kappa shape index (κ3) is 1.18. The van der Waals surface area contributed by atoms with E-state index in [-0.39, 0.29) is 17.7 Å². The highest BCUT2D eigenvalue weighted by atomic mass is 19.1. The normalized spacial score (nSPS) is 17.1. The number of nitrogens with two attached hydrogens (primary N) is 1. The summed E-state index contributed by atoms with van der Waals surface area (Å²) in [5.74, 6) is -0.620. The monoisotopic (exact) mass is 217 g/mol. The van der Waals surface area contributed by atoms with Gasteiger partial charge in [0.25, 0.3) is 0 Å². The summed E-state index contributed by atoms with van der Waals surface area (Å²) in [5, 5.41) is 0. The molecule has 0 heterocycles. The third-order valence-electron chi connectivity index (χ3n) is 2.99. The fourth-order valence-electron chi connectivity index (χ4n) is 2.24. The quantitative estimate of drug-likeness (QED) is 0.721. The van der Waals surface area contributed by atoms with E-state index in [4.69, 9.17) is 5.73 Å². The lowest BCUT2D eigenvalue weighted by molar-refractivity contribution is 0.624. The van der Waals surface area contributed by atoms with Crippen molar-refractivity contribution < 1.29 is 8.78 Å². The van der Waals surface area contributed by atoms with Crippen LogP contribution >= 0.6 is 0 Å². The highest BCUT2D eigenvalue weighted by Crippen LogP contribution is 2.42. The Kier molecular flexibility index (Phi) is 1.85. The lowest BCUT2D eigenvalue weighted by Crippen LogP contribution is -2.08. The molecular weight excluding hydrogens is 208 g/mol. The number of fused-ring (bicyclic) bond motifs is 3. The summed E-state index contributed by atoms with van der Waals surface area (Å²) in [6.45, 7) is 0. The van der Waals surface area contributed by atoms with Crippen LogP contribution in [0.2, 0.25) is 0 Å². The molecule has 1 nitrogen and oxygen atoms in total. The zero-order valence-electron chi connectivity index (χ0n) is 8.37. The standard InChI is InChI=1S/C13H9F2N/c14-7-2-4-10-11(5-7)9-3-1-8(15)6-12(9)13(10)16/h1-6,13H,16H2. The van der Waals surface area contributed by atoms with Crippen LogP contribution in [0.3, 0.4) is 0 Å². The largest absolute Gasteiger partial charge is 0.320 e. The van der Waals surface area contributed by atoms with Crippen molar-refractivity contribution in [2.24, 2.45) is 5.73 Å². The molecule has 0 aromatic heterocycles. The Hall–Kier alpha value is -1.74. The second-order valence-corrected chi connectivity index (χ2v) is 3.94. The molecule has 0 fully saturated rings. The van der Waals surface area contributed by atoms with Crippen molar-refractivity contribution in [3.63, 3.8) is 0 Å². The molecule has 0 spiro atoms. The number of benzene rings is 2. The van der Waals surface area contributed by atoms with E-state index < -0.39 is 0 Å². The first-order valence-electron chi connectivity index (χ1n) is 5.01. The van der Waals surface area contributed by atoms with Gasteiger partial charge < -0.3 is 5.73 Å². The first kappa shape index (κ1) is 9.48. The summed E-state index contributed by atoms with van der Waals surface area (Å²) in [4.78, 5) is 0. The van der Waals surface area contributed by atoms with Gasteiger partial charge in [-0.3, -0.25) is 0 Å². The van der Waals surface area contributed by atoms with E-state index in [1.165, 1.54) is 24.3 Å². The van der Waals surface area contributed by atoms with E-state index in [9.17, 15) is 8.78 Å². The molecule has 16 heavy (non-hydrogen) atoms. The molecule has 1 aliphatic carbocycles. The molecule has 0 saturated heterocycles. The lowest BCUT2D eigenvalue weighted by Gasteiger charge is -2.05. The van der Waals surface area contributed by atoms with Crippen LogP contribution in [0.25, 0.3) is 11.1 Å². The Morgan fingerprint density at radius 2 is 1.50 bits per heavy atom. The second kappa shape index (κ2) is 3.12. The van der Waals surface area contributed by atoms with E-state index in [1.807, 2.05) is 0 Å². The molecule has 1 unspecified atom stereocenters. The van der Waals surface area contributed by atoms with Gasteiger partial charge in [-0.1, -0.05) is 12.1 Å². The van der Waals surface area contributed by atoms with Crippen molar-refractivity contribution in [1.29, 1.82) is 0 Å². The predicted molar refractivity (Wildman–Crippen MR) is 57.8 cm³/mol. The van der Waals surface area contributed by atoms with Gasteiger partial charge in [-0.05, 0) is 46.5 Å². The Morgan fingerprint density at radius 1 is 0.812 bits per heavy atom. The minimum absolute atomic E-state index is 0.303. The van der Waals surface area contributed by atoms with Crippen LogP contribution in [-0.4, -0.2) is 0 Å². The molecule has 1 atom stereocenters. The van der Waals surface area contributed by atoms with Gasteiger partial charge in [-0.2, -0.15) is 0 Å². The summed E-state index contributed by atoms with van der Waals surface area (Å²) in [6, 6.07) is 8.55. The van der Waals surface area contributed by atoms with E-state index in [0.717, 1.165) is 22.3 Å². The summed E-state index contributed by atoms with van der Waals surface area (Å²) in [6.07, 6.45) is 0. The molecule has 0 bridgehead atoms. The van der Waals surface area contributed by atoms with Gasteiger partial charge in [0.15, 0.2) is 0 Å². The minimum Gasteiger partial charge on any atom is -0.320 e. The minimum atomic E-state index is -0.360. The van der Waals surface area contributed by atoms with Gasteiger partial charge in [0.2, 0.25) is 0 Å².